The Morgan fingerprint density at radius 2 is 1.27 bits per heavy atom. The van der Waals surface area contributed by atoms with Crippen molar-refractivity contribution in [1.29, 1.82) is 0 Å². The third kappa shape index (κ3) is 6.83. The third-order valence-electron chi connectivity index (χ3n) is 1.82. The highest BCUT2D eigenvalue weighted by molar-refractivity contribution is 5.72. The molecule has 7 N–H and O–H groups in total. The molecule has 2 unspecified atom stereocenters. The molecule has 0 aromatic carbocycles. The Hall–Kier alpha value is -1.18. The van der Waals surface area contributed by atoms with E-state index in [9.17, 15) is 9.59 Å². The van der Waals surface area contributed by atoms with Gasteiger partial charge in [0.05, 0.1) is 0 Å². The largest absolute Gasteiger partial charge is 0.479 e. The molecule has 2 atom stereocenters. The highest BCUT2D eigenvalue weighted by Crippen LogP contribution is 2.13. The summed E-state index contributed by atoms with van der Waals surface area (Å²) in [5.74, 6) is -3.06. The van der Waals surface area contributed by atoms with Crippen LogP contribution in [-0.4, -0.2) is 44.6 Å². The summed E-state index contributed by atoms with van der Waals surface area (Å²) < 4.78 is 0. The number of carbonyl (C=O) groups is 2. The lowest BCUT2D eigenvalue weighted by Gasteiger charge is -2.14. The van der Waals surface area contributed by atoms with Crippen LogP contribution in [0.25, 0.3) is 0 Å². The molecule has 0 aromatic rings. The first-order valence-electron chi connectivity index (χ1n) is 4.16. The number of carboxylic acid groups (broad SMARTS) is 2. The molecule has 0 saturated heterocycles. The van der Waals surface area contributed by atoms with E-state index in [0.717, 1.165) is 0 Å². The Balaban J connectivity index is 0. The topological polar surface area (TPSA) is 150 Å². The number of rotatable bonds is 6. The zero-order chi connectivity index (χ0) is 11.3. The number of aliphatic hydroxyl groups is 2. The van der Waals surface area contributed by atoms with Crippen LogP contribution in [-0.2, 0) is 9.59 Å². The molecule has 0 aromatic heterocycles. The van der Waals surface area contributed by atoms with E-state index in [-0.39, 0.29) is 24.9 Å². The van der Waals surface area contributed by atoms with E-state index in [1.165, 1.54) is 0 Å². The van der Waals surface area contributed by atoms with Gasteiger partial charge < -0.3 is 26.6 Å². The zero-order valence-electron chi connectivity index (χ0n) is 8.46. The molecule has 90 valence electrons. The Morgan fingerprint density at radius 1 is 1.00 bits per heavy atom. The molecule has 0 amide bonds. The van der Waals surface area contributed by atoms with Crippen LogP contribution in [0.1, 0.15) is 19.8 Å². The van der Waals surface area contributed by atoms with Crippen molar-refractivity contribution in [2.24, 2.45) is 5.92 Å². The van der Waals surface area contributed by atoms with Crippen LogP contribution < -0.4 is 6.15 Å². The third-order valence-corrected chi connectivity index (χ3v) is 1.82. The molecular formula is C8H17NO6. The van der Waals surface area contributed by atoms with Crippen molar-refractivity contribution in [1.82, 2.24) is 6.15 Å². The first-order valence-corrected chi connectivity index (χ1v) is 4.16. The fourth-order valence-corrected chi connectivity index (χ4v) is 1.06. The second-order valence-corrected chi connectivity index (χ2v) is 3.28. The molecule has 0 rings (SSSR count). The Bertz CT molecular complexity index is 197. The van der Waals surface area contributed by atoms with Crippen LogP contribution >= 0.6 is 0 Å². The van der Waals surface area contributed by atoms with Crippen LogP contribution in [0.2, 0.25) is 0 Å². The highest BCUT2D eigenvalue weighted by atomic mass is 16.4. The number of aliphatic carboxylic acids is 2. The lowest BCUT2D eigenvalue weighted by atomic mass is 9.97. The molecule has 15 heavy (non-hydrogen) atoms. The van der Waals surface area contributed by atoms with Gasteiger partial charge in [-0.3, -0.25) is 0 Å². The second-order valence-electron chi connectivity index (χ2n) is 3.28. The van der Waals surface area contributed by atoms with Gasteiger partial charge in [-0.15, -0.1) is 0 Å². The standard InChI is InChI=1S/C8H14O6.H3N/c1-4(2-5(9)7(11)12)3-6(10)8(13)14;/h4-6,9-10H,2-3H2,1H3,(H,11,12)(H,13,14);1H3. The van der Waals surface area contributed by atoms with Crippen molar-refractivity contribution in [3.63, 3.8) is 0 Å². The van der Waals surface area contributed by atoms with Gasteiger partial charge in [-0.25, -0.2) is 9.59 Å². The van der Waals surface area contributed by atoms with Gasteiger partial charge in [0.15, 0.2) is 12.2 Å². The molecule has 0 fully saturated rings. The molecule has 0 aliphatic rings. The van der Waals surface area contributed by atoms with Crippen LogP contribution in [0.15, 0.2) is 0 Å². The fourth-order valence-electron chi connectivity index (χ4n) is 1.06. The highest BCUT2D eigenvalue weighted by Gasteiger charge is 2.21. The Kier molecular flexibility index (Phi) is 7.76. The van der Waals surface area contributed by atoms with Gasteiger partial charge in [0.2, 0.25) is 0 Å². The minimum atomic E-state index is -1.51. The molecule has 0 heterocycles. The number of hydrogen-bond acceptors (Lipinski definition) is 5. The van der Waals surface area contributed by atoms with E-state index in [4.69, 9.17) is 20.4 Å². The molecule has 0 radical (unpaired) electrons. The van der Waals surface area contributed by atoms with E-state index < -0.39 is 24.1 Å². The SMILES string of the molecule is CC(CC(O)C(=O)O)CC(O)C(=O)O.N. The minimum Gasteiger partial charge on any atom is -0.479 e. The van der Waals surface area contributed by atoms with Crippen molar-refractivity contribution < 1.29 is 30.0 Å². The summed E-state index contributed by atoms with van der Waals surface area (Å²) in [6, 6.07) is 0. The van der Waals surface area contributed by atoms with Crippen LogP contribution in [0.5, 0.6) is 0 Å². The summed E-state index contributed by atoms with van der Waals surface area (Å²) in [6.45, 7) is 1.57. The second kappa shape index (κ2) is 7.16. The molecule has 7 heteroatoms. The normalized spacial score (nSPS) is 15.9. The van der Waals surface area contributed by atoms with E-state index in [0.29, 0.717) is 0 Å². The maximum Gasteiger partial charge on any atom is 0.332 e. The van der Waals surface area contributed by atoms with E-state index in [1.54, 1.807) is 6.92 Å². The molecule has 0 saturated carbocycles. The van der Waals surface area contributed by atoms with Crippen LogP contribution in [0, 0.1) is 5.92 Å². The van der Waals surface area contributed by atoms with Gasteiger partial charge in [-0.05, 0) is 18.8 Å². The van der Waals surface area contributed by atoms with Crippen molar-refractivity contribution >= 4 is 11.9 Å². The average molecular weight is 223 g/mol. The van der Waals surface area contributed by atoms with Gasteiger partial charge in [0.25, 0.3) is 0 Å². The van der Waals surface area contributed by atoms with Gasteiger partial charge in [0.1, 0.15) is 0 Å². The summed E-state index contributed by atoms with van der Waals surface area (Å²) in [7, 11) is 0. The van der Waals surface area contributed by atoms with Gasteiger partial charge in [0, 0.05) is 0 Å². The van der Waals surface area contributed by atoms with Crippen LogP contribution in [0.4, 0.5) is 0 Å². The zero-order valence-corrected chi connectivity index (χ0v) is 8.46. The lowest BCUT2D eigenvalue weighted by molar-refractivity contribution is -0.148. The quantitative estimate of drug-likeness (QED) is 0.405. The Morgan fingerprint density at radius 3 is 1.47 bits per heavy atom. The summed E-state index contributed by atoms with van der Waals surface area (Å²) >= 11 is 0. The van der Waals surface area contributed by atoms with E-state index in [2.05, 4.69) is 0 Å². The molecular weight excluding hydrogens is 206 g/mol. The smallest absolute Gasteiger partial charge is 0.332 e. The fraction of sp³-hybridized carbons (Fsp3) is 0.750. The number of carboxylic acids is 2. The molecule has 0 aliphatic carbocycles. The van der Waals surface area contributed by atoms with Gasteiger partial charge >= 0.3 is 11.9 Å². The molecule has 0 spiro atoms. The van der Waals surface area contributed by atoms with Crippen LogP contribution in [0.3, 0.4) is 0 Å². The molecule has 0 aliphatic heterocycles. The summed E-state index contributed by atoms with van der Waals surface area (Å²) in [5.41, 5.74) is 0. The van der Waals surface area contributed by atoms with E-state index in [1.807, 2.05) is 0 Å². The van der Waals surface area contributed by atoms with Crippen molar-refractivity contribution in [3.8, 4) is 0 Å². The van der Waals surface area contributed by atoms with E-state index >= 15 is 0 Å². The molecule has 0 bridgehead atoms. The predicted molar refractivity (Wildman–Crippen MR) is 50.7 cm³/mol. The summed E-state index contributed by atoms with van der Waals surface area (Å²) in [5, 5.41) is 34.5. The maximum atomic E-state index is 10.2. The van der Waals surface area contributed by atoms with Crippen molar-refractivity contribution in [2.75, 3.05) is 0 Å². The summed E-state index contributed by atoms with van der Waals surface area (Å²) in [6.07, 6.45) is -3.16. The summed E-state index contributed by atoms with van der Waals surface area (Å²) in [4.78, 5) is 20.5. The number of hydrogen-bond donors (Lipinski definition) is 5. The monoisotopic (exact) mass is 223 g/mol. The first kappa shape index (κ1) is 16.3. The maximum absolute atomic E-state index is 10.2. The van der Waals surface area contributed by atoms with Crippen molar-refractivity contribution in [3.05, 3.63) is 0 Å². The Labute approximate surface area is 86.9 Å². The first-order chi connectivity index (χ1) is 6.34. The molecule has 7 nitrogen and oxygen atoms in total. The van der Waals surface area contributed by atoms with Gasteiger partial charge in [-0.2, -0.15) is 0 Å². The predicted octanol–water partition coefficient (Wildman–Crippen LogP) is -0.544. The van der Waals surface area contributed by atoms with Gasteiger partial charge in [-0.1, -0.05) is 6.92 Å². The average Bonchev–Trinajstić information content (AvgIpc) is 2.03. The lowest BCUT2D eigenvalue weighted by Crippen LogP contribution is -2.26. The number of aliphatic hydroxyl groups excluding tert-OH is 2. The van der Waals surface area contributed by atoms with Crippen molar-refractivity contribution in [2.45, 2.75) is 32.0 Å². The minimum absolute atomic E-state index is 0.